The van der Waals surface area contributed by atoms with Crippen LogP contribution in [0.5, 0.6) is 0 Å². The van der Waals surface area contributed by atoms with Gasteiger partial charge in [-0.15, -0.1) is 0 Å². The number of carbonyl (C=O) groups is 1. The standard InChI is InChI=1S/C8H15NO6S/c1-13-8(10)9-3-4-14-7(5-9)6-15-16(2,11)12/h7H,3-6H2,1-2H3/t7-/m1/s1. The lowest BCUT2D eigenvalue weighted by Crippen LogP contribution is -2.47. The van der Waals surface area contributed by atoms with Crippen molar-refractivity contribution in [1.82, 2.24) is 4.90 Å². The van der Waals surface area contributed by atoms with E-state index in [2.05, 4.69) is 8.92 Å². The Balaban J connectivity index is 2.42. The Kier molecular flexibility index (Phi) is 4.51. The van der Waals surface area contributed by atoms with Gasteiger partial charge in [-0.2, -0.15) is 8.42 Å². The van der Waals surface area contributed by atoms with E-state index in [1.54, 1.807) is 0 Å². The van der Waals surface area contributed by atoms with Crippen LogP contribution in [-0.2, 0) is 23.8 Å². The second-order valence-corrected chi connectivity index (χ2v) is 5.04. The average molecular weight is 253 g/mol. The molecule has 7 nitrogen and oxygen atoms in total. The molecule has 0 radical (unpaired) electrons. The molecule has 0 saturated carbocycles. The van der Waals surface area contributed by atoms with E-state index >= 15 is 0 Å². The first-order valence-electron chi connectivity index (χ1n) is 4.71. The van der Waals surface area contributed by atoms with Gasteiger partial charge in [0.1, 0.15) is 6.10 Å². The molecule has 0 aromatic rings. The summed E-state index contributed by atoms with van der Waals surface area (Å²) in [7, 11) is -2.19. The van der Waals surface area contributed by atoms with Crippen molar-refractivity contribution in [3.05, 3.63) is 0 Å². The van der Waals surface area contributed by atoms with E-state index in [0.29, 0.717) is 13.2 Å². The molecule has 1 aliphatic rings. The summed E-state index contributed by atoms with van der Waals surface area (Å²) in [4.78, 5) is 12.6. The molecular weight excluding hydrogens is 238 g/mol. The summed E-state index contributed by atoms with van der Waals surface area (Å²) in [6.45, 7) is 0.948. The summed E-state index contributed by atoms with van der Waals surface area (Å²) in [5.41, 5.74) is 0. The van der Waals surface area contributed by atoms with Crippen LogP contribution in [-0.4, -0.2) is 65.2 Å². The van der Waals surface area contributed by atoms with Crippen molar-refractivity contribution in [2.45, 2.75) is 6.10 Å². The highest BCUT2D eigenvalue weighted by atomic mass is 32.2. The van der Waals surface area contributed by atoms with E-state index in [9.17, 15) is 13.2 Å². The van der Waals surface area contributed by atoms with Crippen molar-refractivity contribution in [2.75, 3.05) is 39.7 Å². The molecule has 1 fully saturated rings. The molecule has 94 valence electrons. The van der Waals surface area contributed by atoms with Gasteiger partial charge in [-0.3, -0.25) is 4.18 Å². The molecule has 1 heterocycles. The predicted molar refractivity (Wildman–Crippen MR) is 54.5 cm³/mol. The number of amides is 1. The van der Waals surface area contributed by atoms with E-state index in [1.165, 1.54) is 12.0 Å². The fourth-order valence-electron chi connectivity index (χ4n) is 1.31. The number of carbonyl (C=O) groups excluding carboxylic acids is 1. The zero-order valence-corrected chi connectivity index (χ0v) is 10.0. The Bertz CT molecular complexity index is 340. The zero-order valence-electron chi connectivity index (χ0n) is 9.21. The summed E-state index contributed by atoms with van der Waals surface area (Å²) >= 11 is 0. The van der Waals surface area contributed by atoms with Crippen LogP contribution in [0, 0.1) is 0 Å². The van der Waals surface area contributed by atoms with Gasteiger partial charge in [0.15, 0.2) is 0 Å². The third kappa shape index (κ3) is 4.33. The molecule has 1 atom stereocenters. The predicted octanol–water partition coefficient (Wildman–Crippen LogP) is -0.570. The fraction of sp³-hybridized carbons (Fsp3) is 0.875. The highest BCUT2D eigenvalue weighted by Gasteiger charge is 2.25. The Hall–Kier alpha value is -0.860. The van der Waals surface area contributed by atoms with Crippen LogP contribution in [0.3, 0.4) is 0 Å². The minimum atomic E-state index is -3.48. The Morgan fingerprint density at radius 2 is 2.25 bits per heavy atom. The van der Waals surface area contributed by atoms with Crippen LogP contribution in [0.2, 0.25) is 0 Å². The molecule has 0 aromatic heterocycles. The van der Waals surface area contributed by atoms with Crippen molar-refractivity contribution in [3.8, 4) is 0 Å². The number of morpholine rings is 1. The third-order valence-electron chi connectivity index (χ3n) is 2.04. The average Bonchev–Trinajstić information content (AvgIpc) is 2.25. The molecule has 1 amide bonds. The van der Waals surface area contributed by atoms with Crippen LogP contribution >= 0.6 is 0 Å². The van der Waals surface area contributed by atoms with Crippen LogP contribution in [0.25, 0.3) is 0 Å². The molecule has 1 rings (SSSR count). The number of hydrogen-bond acceptors (Lipinski definition) is 6. The van der Waals surface area contributed by atoms with Gasteiger partial charge in [0.25, 0.3) is 10.1 Å². The number of rotatable bonds is 3. The monoisotopic (exact) mass is 253 g/mol. The lowest BCUT2D eigenvalue weighted by atomic mass is 10.3. The van der Waals surface area contributed by atoms with E-state index in [4.69, 9.17) is 4.74 Å². The molecule has 0 aromatic carbocycles. The van der Waals surface area contributed by atoms with E-state index in [1.807, 2.05) is 0 Å². The van der Waals surface area contributed by atoms with E-state index in [-0.39, 0.29) is 13.2 Å². The second-order valence-electron chi connectivity index (χ2n) is 3.40. The third-order valence-corrected chi connectivity index (χ3v) is 2.60. The quantitative estimate of drug-likeness (QED) is 0.626. The van der Waals surface area contributed by atoms with Gasteiger partial charge in [0, 0.05) is 6.54 Å². The molecule has 1 saturated heterocycles. The molecule has 8 heteroatoms. The maximum atomic E-state index is 11.2. The van der Waals surface area contributed by atoms with E-state index < -0.39 is 22.3 Å². The maximum absolute atomic E-state index is 11.2. The minimum absolute atomic E-state index is 0.0909. The van der Waals surface area contributed by atoms with Gasteiger partial charge in [-0.05, 0) is 0 Å². The molecule has 0 bridgehead atoms. The van der Waals surface area contributed by atoms with Crippen molar-refractivity contribution in [2.24, 2.45) is 0 Å². The minimum Gasteiger partial charge on any atom is -0.453 e. The second kappa shape index (κ2) is 5.46. The van der Waals surface area contributed by atoms with Crippen LogP contribution < -0.4 is 0 Å². The summed E-state index contributed by atoms with van der Waals surface area (Å²) in [5, 5.41) is 0. The Labute approximate surface area is 94.4 Å². The summed E-state index contributed by atoms with van der Waals surface area (Å²) < 4.78 is 35.9. The van der Waals surface area contributed by atoms with E-state index in [0.717, 1.165) is 6.26 Å². The van der Waals surface area contributed by atoms with Crippen molar-refractivity contribution in [1.29, 1.82) is 0 Å². The first kappa shape index (κ1) is 13.2. The topological polar surface area (TPSA) is 82.1 Å². The maximum Gasteiger partial charge on any atom is 0.409 e. The summed E-state index contributed by atoms with van der Waals surface area (Å²) in [6, 6.07) is 0. The number of ether oxygens (including phenoxy) is 2. The molecule has 0 spiro atoms. The van der Waals surface area contributed by atoms with Crippen molar-refractivity contribution < 1.29 is 26.9 Å². The first-order valence-corrected chi connectivity index (χ1v) is 6.53. The van der Waals surface area contributed by atoms with Gasteiger partial charge >= 0.3 is 6.09 Å². The lowest BCUT2D eigenvalue weighted by Gasteiger charge is -2.31. The molecular formula is C8H15NO6S. The molecule has 0 aliphatic carbocycles. The molecule has 16 heavy (non-hydrogen) atoms. The molecule has 0 unspecified atom stereocenters. The summed E-state index contributed by atoms with van der Waals surface area (Å²) in [5.74, 6) is 0. The summed E-state index contributed by atoms with van der Waals surface area (Å²) in [6.07, 6.45) is 0.0729. The number of hydrogen-bond donors (Lipinski definition) is 0. The smallest absolute Gasteiger partial charge is 0.409 e. The number of nitrogens with zero attached hydrogens (tertiary/aromatic N) is 1. The Morgan fingerprint density at radius 3 is 2.81 bits per heavy atom. The SMILES string of the molecule is COC(=O)N1CCO[C@@H](COS(C)(=O)=O)C1. The van der Waals surface area contributed by atoms with Gasteiger partial charge in [0.2, 0.25) is 0 Å². The molecule has 0 N–H and O–H groups in total. The zero-order chi connectivity index (χ0) is 12.2. The van der Waals surface area contributed by atoms with Crippen molar-refractivity contribution in [3.63, 3.8) is 0 Å². The normalized spacial score (nSPS) is 21.9. The van der Waals surface area contributed by atoms with Crippen LogP contribution in [0.15, 0.2) is 0 Å². The molecule has 1 aliphatic heterocycles. The first-order chi connectivity index (χ1) is 7.42. The highest BCUT2D eigenvalue weighted by Crippen LogP contribution is 2.07. The Morgan fingerprint density at radius 1 is 1.56 bits per heavy atom. The number of methoxy groups -OCH3 is 1. The lowest BCUT2D eigenvalue weighted by molar-refractivity contribution is -0.0420. The van der Waals surface area contributed by atoms with Gasteiger partial charge in [-0.25, -0.2) is 4.79 Å². The van der Waals surface area contributed by atoms with Crippen LogP contribution in [0.1, 0.15) is 0 Å². The van der Waals surface area contributed by atoms with Gasteiger partial charge in [0.05, 0.1) is 33.1 Å². The largest absolute Gasteiger partial charge is 0.453 e. The van der Waals surface area contributed by atoms with Crippen LogP contribution in [0.4, 0.5) is 4.79 Å². The van der Waals surface area contributed by atoms with Crippen molar-refractivity contribution >= 4 is 16.2 Å². The highest BCUT2D eigenvalue weighted by molar-refractivity contribution is 7.85. The fourth-order valence-corrected chi connectivity index (χ4v) is 1.71. The van der Waals surface area contributed by atoms with Gasteiger partial charge < -0.3 is 14.4 Å². The van der Waals surface area contributed by atoms with Gasteiger partial charge in [-0.1, -0.05) is 0 Å².